The van der Waals surface area contributed by atoms with Crippen molar-refractivity contribution in [3.63, 3.8) is 0 Å². The van der Waals surface area contributed by atoms with Crippen LogP contribution in [0.25, 0.3) is 5.65 Å². The molecule has 0 amide bonds. The first-order valence-electron chi connectivity index (χ1n) is 6.25. The summed E-state index contributed by atoms with van der Waals surface area (Å²) in [5, 5.41) is 12.3. The standard InChI is InChI=1S/C13H17N3O4/c1-19-8-9-20-7-5-14-12-11(13(17)18)16-6-3-2-4-10(16)15-12/h2-4,6,14H,5,7-9H2,1H3,(H,17,18). The zero-order valence-electron chi connectivity index (χ0n) is 11.2. The number of nitrogens with one attached hydrogen (secondary N) is 1. The van der Waals surface area contributed by atoms with E-state index >= 15 is 0 Å². The molecule has 2 aromatic heterocycles. The predicted molar refractivity (Wildman–Crippen MR) is 73.3 cm³/mol. The number of aromatic carboxylic acids is 1. The summed E-state index contributed by atoms with van der Waals surface area (Å²) in [7, 11) is 1.61. The van der Waals surface area contributed by atoms with Crippen LogP contribution >= 0.6 is 0 Å². The Morgan fingerprint density at radius 2 is 2.25 bits per heavy atom. The van der Waals surface area contributed by atoms with Crippen molar-refractivity contribution in [2.45, 2.75) is 0 Å². The van der Waals surface area contributed by atoms with Gasteiger partial charge in [-0.05, 0) is 12.1 Å². The van der Waals surface area contributed by atoms with Crippen molar-refractivity contribution in [3.05, 3.63) is 30.1 Å². The first-order valence-corrected chi connectivity index (χ1v) is 6.25. The maximum Gasteiger partial charge on any atom is 0.356 e. The van der Waals surface area contributed by atoms with Gasteiger partial charge in [0.1, 0.15) is 5.65 Å². The predicted octanol–water partition coefficient (Wildman–Crippen LogP) is 1.11. The molecule has 108 valence electrons. The average molecular weight is 279 g/mol. The summed E-state index contributed by atoms with van der Waals surface area (Å²) >= 11 is 0. The molecule has 2 rings (SSSR count). The third kappa shape index (κ3) is 3.25. The van der Waals surface area contributed by atoms with Gasteiger partial charge in [0, 0.05) is 19.9 Å². The molecule has 20 heavy (non-hydrogen) atoms. The number of carboxylic acid groups (broad SMARTS) is 1. The van der Waals surface area contributed by atoms with Crippen LogP contribution in [0.1, 0.15) is 10.5 Å². The number of anilines is 1. The third-order valence-electron chi connectivity index (χ3n) is 2.70. The molecular formula is C13H17N3O4. The number of imidazole rings is 1. The summed E-state index contributed by atoms with van der Waals surface area (Å²) in [4.78, 5) is 15.6. The molecule has 0 spiro atoms. The zero-order valence-corrected chi connectivity index (χ0v) is 11.2. The van der Waals surface area contributed by atoms with Gasteiger partial charge in [-0.1, -0.05) is 6.07 Å². The van der Waals surface area contributed by atoms with E-state index in [9.17, 15) is 9.90 Å². The molecule has 0 fully saturated rings. The molecule has 0 aliphatic rings. The van der Waals surface area contributed by atoms with E-state index in [-0.39, 0.29) is 5.69 Å². The molecule has 0 aliphatic carbocycles. The topological polar surface area (TPSA) is 85.1 Å². The number of pyridine rings is 1. The zero-order chi connectivity index (χ0) is 14.4. The number of carboxylic acids is 1. The van der Waals surface area contributed by atoms with Crippen LogP contribution < -0.4 is 5.32 Å². The van der Waals surface area contributed by atoms with Crippen LogP contribution in [-0.4, -0.2) is 53.9 Å². The van der Waals surface area contributed by atoms with E-state index in [4.69, 9.17) is 9.47 Å². The smallest absolute Gasteiger partial charge is 0.356 e. The lowest BCUT2D eigenvalue weighted by Gasteiger charge is -2.05. The van der Waals surface area contributed by atoms with E-state index in [0.717, 1.165) is 0 Å². The third-order valence-corrected chi connectivity index (χ3v) is 2.70. The molecule has 2 aromatic rings. The van der Waals surface area contributed by atoms with Crippen molar-refractivity contribution in [2.24, 2.45) is 0 Å². The fraction of sp³-hybridized carbons (Fsp3) is 0.385. The summed E-state index contributed by atoms with van der Waals surface area (Å²) in [5.74, 6) is -0.675. The average Bonchev–Trinajstić information content (AvgIpc) is 2.81. The highest BCUT2D eigenvalue weighted by Crippen LogP contribution is 2.17. The summed E-state index contributed by atoms with van der Waals surface area (Å²) in [6, 6.07) is 5.33. The minimum atomic E-state index is -1.02. The Labute approximate surface area is 116 Å². The van der Waals surface area contributed by atoms with Gasteiger partial charge >= 0.3 is 5.97 Å². The molecule has 7 nitrogen and oxygen atoms in total. The molecule has 0 unspecified atom stereocenters. The van der Waals surface area contributed by atoms with E-state index in [2.05, 4.69) is 10.3 Å². The lowest BCUT2D eigenvalue weighted by atomic mass is 10.4. The van der Waals surface area contributed by atoms with Gasteiger partial charge in [-0.15, -0.1) is 0 Å². The van der Waals surface area contributed by atoms with Gasteiger partial charge in [-0.2, -0.15) is 0 Å². The van der Waals surface area contributed by atoms with E-state index < -0.39 is 5.97 Å². The Morgan fingerprint density at radius 1 is 1.40 bits per heavy atom. The number of nitrogens with zero attached hydrogens (tertiary/aromatic N) is 2. The van der Waals surface area contributed by atoms with Gasteiger partial charge in [0.05, 0.1) is 19.8 Å². The van der Waals surface area contributed by atoms with Crippen LogP contribution in [0, 0.1) is 0 Å². The first kappa shape index (κ1) is 14.3. The van der Waals surface area contributed by atoms with Gasteiger partial charge < -0.3 is 19.9 Å². The monoisotopic (exact) mass is 279 g/mol. The van der Waals surface area contributed by atoms with Crippen molar-refractivity contribution in [2.75, 3.05) is 38.8 Å². The molecule has 0 radical (unpaired) electrons. The Kier molecular flexibility index (Phi) is 4.91. The summed E-state index contributed by atoms with van der Waals surface area (Å²) in [6.45, 7) is 1.98. The van der Waals surface area contributed by atoms with Gasteiger partial charge in [-0.25, -0.2) is 9.78 Å². The highest BCUT2D eigenvalue weighted by Gasteiger charge is 2.17. The Morgan fingerprint density at radius 3 is 3.00 bits per heavy atom. The number of rotatable bonds is 8. The van der Waals surface area contributed by atoms with Crippen LogP contribution in [0.15, 0.2) is 24.4 Å². The molecule has 0 aliphatic heterocycles. The van der Waals surface area contributed by atoms with Crippen LogP contribution in [0.3, 0.4) is 0 Å². The number of hydrogen-bond donors (Lipinski definition) is 2. The van der Waals surface area contributed by atoms with Gasteiger partial charge in [-0.3, -0.25) is 4.40 Å². The fourth-order valence-corrected chi connectivity index (χ4v) is 1.81. The fourth-order valence-electron chi connectivity index (χ4n) is 1.81. The molecule has 0 saturated carbocycles. The molecule has 0 saturated heterocycles. The van der Waals surface area contributed by atoms with E-state index in [1.807, 2.05) is 6.07 Å². The molecule has 2 heterocycles. The van der Waals surface area contributed by atoms with E-state index in [1.54, 1.807) is 25.4 Å². The Bertz CT molecular complexity index is 582. The molecule has 7 heteroatoms. The maximum atomic E-state index is 11.3. The minimum absolute atomic E-state index is 0.123. The highest BCUT2D eigenvalue weighted by molar-refractivity contribution is 5.92. The molecule has 0 aromatic carbocycles. The van der Waals surface area contributed by atoms with E-state index in [0.29, 0.717) is 37.8 Å². The number of fused-ring (bicyclic) bond motifs is 1. The molecule has 0 bridgehead atoms. The second-order valence-electron chi connectivity index (χ2n) is 4.07. The summed E-state index contributed by atoms with van der Waals surface area (Å²) in [6.07, 6.45) is 1.67. The Balaban J connectivity index is 2.02. The SMILES string of the molecule is COCCOCCNc1nc2ccccn2c1C(=O)O. The van der Waals surface area contributed by atoms with Crippen LogP contribution in [-0.2, 0) is 9.47 Å². The maximum absolute atomic E-state index is 11.3. The van der Waals surface area contributed by atoms with Crippen LogP contribution in [0.2, 0.25) is 0 Å². The Hall–Kier alpha value is -2.12. The lowest BCUT2D eigenvalue weighted by Crippen LogP contribution is -2.14. The van der Waals surface area contributed by atoms with E-state index in [1.165, 1.54) is 4.40 Å². The highest BCUT2D eigenvalue weighted by atomic mass is 16.5. The number of methoxy groups -OCH3 is 1. The molecular weight excluding hydrogens is 262 g/mol. The minimum Gasteiger partial charge on any atom is -0.476 e. The van der Waals surface area contributed by atoms with Crippen molar-refractivity contribution in [1.82, 2.24) is 9.38 Å². The summed E-state index contributed by atoms with van der Waals surface area (Å²) in [5.41, 5.74) is 0.713. The number of aromatic nitrogens is 2. The summed E-state index contributed by atoms with van der Waals surface area (Å²) < 4.78 is 11.7. The number of ether oxygens (including phenoxy) is 2. The normalized spacial score (nSPS) is 10.8. The second kappa shape index (κ2) is 6.88. The molecule has 2 N–H and O–H groups in total. The van der Waals surface area contributed by atoms with Crippen molar-refractivity contribution in [1.29, 1.82) is 0 Å². The second-order valence-corrected chi connectivity index (χ2v) is 4.07. The lowest BCUT2D eigenvalue weighted by molar-refractivity contribution is 0.0689. The quantitative estimate of drug-likeness (QED) is 0.704. The number of carbonyl (C=O) groups is 1. The molecule has 0 atom stereocenters. The van der Waals surface area contributed by atoms with Gasteiger partial charge in [0.15, 0.2) is 11.5 Å². The largest absolute Gasteiger partial charge is 0.476 e. The van der Waals surface area contributed by atoms with Crippen LogP contribution in [0.4, 0.5) is 5.82 Å². The van der Waals surface area contributed by atoms with Gasteiger partial charge in [0.2, 0.25) is 0 Å². The van der Waals surface area contributed by atoms with Crippen molar-refractivity contribution < 1.29 is 19.4 Å². The first-order chi connectivity index (χ1) is 9.74. The number of hydrogen-bond acceptors (Lipinski definition) is 5. The van der Waals surface area contributed by atoms with Gasteiger partial charge in [0.25, 0.3) is 0 Å². The van der Waals surface area contributed by atoms with Crippen molar-refractivity contribution >= 4 is 17.4 Å². The van der Waals surface area contributed by atoms with Crippen molar-refractivity contribution in [3.8, 4) is 0 Å². The van der Waals surface area contributed by atoms with Crippen LogP contribution in [0.5, 0.6) is 0 Å².